The van der Waals surface area contributed by atoms with E-state index in [2.05, 4.69) is 37.4 Å². The summed E-state index contributed by atoms with van der Waals surface area (Å²) in [5, 5.41) is 2.91. The minimum Gasteiger partial charge on any atom is -0.445 e. The molecule has 2 aromatic rings. The van der Waals surface area contributed by atoms with Crippen molar-refractivity contribution in [1.82, 2.24) is 10.2 Å². The van der Waals surface area contributed by atoms with E-state index in [1.807, 2.05) is 30.3 Å². The van der Waals surface area contributed by atoms with Crippen LogP contribution in [-0.4, -0.2) is 37.0 Å². The predicted molar refractivity (Wildman–Crippen MR) is 111 cm³/mol. The molecule has 0 aliphatic heterocycles. The van der Waals surface area contributed by atoms with Crippen LogP contribution in [0, 0.1) is 13.8 Å². The Balaban J connectivity index is 1.58. The summed E-state index contributed by atoms with van der Waals surface area (Å²) in [5.74, 6) is 0.0348. The molecular formula is C23H30N2O3. The summed E-state index contributed by atoms with van der Waals surface area (Å²) < 4.78 is 5.27. The lowest BCUT2D eigenvalue weighted by Gasteiger charge is -2.17. The SMILES string of the molecule is Cc1ccc(CCC(=O)NCCCN(C)C(=O)OCc2ccccc2)cc1C. The van der Waals surface area contributed by atoms with Crippen LogP contribution in [0.15, 0.2) is 48.5 Å². The Labute approximate surface area is 167 Å². The lowest BCUT2D eigenvalue weighted by Crippen LogP contribution is -2.32. The molecule has 0 radical (unpaired) electrons. The van der Waals surface area contributed by atoms with Gasteiger partial charge in [-0.25, -0.2) is 4.79 Å². The van der Waals surface area contributed by atoms with Crippen molar-refractivity contribution in [3.8, 4) is 0 Å². The van der Waals surface area contributed by atoms with Gasteiger partial charge in [0, 0.05) is 26.6 Å². The fourth-order valence-corrected chi connectivity index (χ4v) is 2.77. The molecule has 5 nitrogen and oxygen atoms in total. The molecule has 0 unspecified atom stereocenters. The van der Waals surface area contributed by atoms with Gasteiger partial charge in [0.2, 0.25) is 5.91 Å². The van der Waals surface area contributed by atoms with Crippen LogP contribution in [0.25, 0.3) is 0 Å². The van der Waals surface area contributed by atoms with Gasteiger partial charge in [0.15, 0.2) is 0 Å². The fourth-order valence-electron chi connectivity index (χ4n) is 2.77. The smallest absolute Gasteiger partial charge is 0.409 e. The molecular weight excluding hydrogens is 352 g/mol. The molecule has 28 heavy (non-hydrogen) atoms. The largest absolute Gasteiger partial charge is 0.445 e. The number of carbonyl (C=O) groups is 2. The number of hydrogen-bond donors (Lipinski definition) is 1. The van der Waals surface area contributed by atoms with Crippen molar-refractivity contribution in [3.05, 3.63) is 70.8 Å². The van der Waals surface area contributed by atoms with Gasteiger partial charge >= 0.3 is 6.09 Å². The van der Waals surface area contributed by atoms with E-state index in [0.717, 1.165) is 12.0 Å². The zero-order valence-electron chi connectivity index (χ0n) is 17.0. The second-order valence-electron chi connectivity index (χ2n) is 7.08. The first-order chi connectivity index (χ1) is 13.5. The fraction of sp³-hybridized carbons (Fsp3) is 0.391. The van der Waals surface area contributed by atoms with Crippen molar-refractivity contribution < 1.29 is 14.3 Å². The van der Waals surface area contributed by atoms with Crippen molar-refractivity contribution >= 4 is 12.0 Å². The molecule has 0 aliphatic rings. The second kappa shape index (κ2) is 11.1. The van der Waals surface area contributed by atoms with Crippen LogP contribution in [0.1, 0.15) is 35.1 Å². The average molecular weight is 383 g/mol. The normalized spacial score (nSPS) is 10.4. The van der Waals surface area contributed by atoms with Gasteiger partial charge in [-0.3, -0.25) is 4.79 Å². The van der Waals surface area contributed by atoms with Crippen LogP contribution in [0.2, 0.25) is 0 Å². The van der Waals surface area contributed by atoms with E-state index in [1.165, 1.54) is 21.6 Å². The minimum absolute atomic E-state index is 0.0348. The number of benzene rings is 2. The quantitative estimate of drug-likeness (QED) is 0.667. The van der Waals surface area contributed by atoms with Gasteiger partial charge in [0.05, 0.1) is 0 Å². The number of aryl methyl sites for hydroxylation is 3. The third kappa shape index (κ3) is 7.43. The molecule has 2 amide bonds. The average Bonchev–Trinajstić information content (AvgIpc) is 2.70. The zero-order chi connectivity index (χ0) is 20.4. The third-order valence-electron chi connectivity index (χ3n) is 4.72. The molecule has 0 aromatic heterocycles. The summed E-state index contributed by atoms with van der Waals surface area (Å²) in [6.45, 7) is 5.51. The maximum atomic E-state index is 12.0. The predicted octanol–water partition coefficient (Wildman–Crippen LogP) is 4.01. The number of amides is 2. The monoisotopic (exact) mass is 382 g/mol. The Morgan fingerprint density at radius 1 is 1.00 bits per heavy atom. The van der Waals surface area contributed by atoms with Gasteiger partial charge in [-0.2, -0.15) is 0 Å². The summed E-state index contributed by atoms with van der Waals surface area (Å²) >= 11 is 0. The number of nitrogens with one attached hydrogen (secondary N) is 1. The molecule has 0 atom stereocenters. The van der Waals surface area contributed by atoms with E-state index in [0.29, 0.717) is 25.9 Å². The van der Waals surface area contributed by atoms with E-state index in [4.69, 9.17) is 4.74 Å². The van der Waals surface area contributed by atoms with Crippen LogP contribution in [0.3, 0.4) is 0 Å². The van der Waals surface area contributed by atoms with Crippen molar-refractivity contribution in [2.75, 3.05) is 20.1 Å². The highest BCUT2D eigenvalue weighted by atomic mass is 16.6. The van der Waals surface area contributed by atoms with Gasteiger partial charge in [0.1, 0.15) is 6.61 Å². The highest BCUT2D eigenvalue weighted by Gasteiger charge is 2.10. The molecule has 0 spiro atoms. The summed E-state index contributed by atoms with van der Waals surface area (Å²) in [4.78, 5) is 25.5. The van der Waals surface area contributed by atoms with E-state index in [1.54, 1.807) is 7.05 Å². The number of rotatable bonds is 9. The molecule has 0 fully saturated rings. The van der Waals surface area contributed by atoms with Crippen LogP contribution in [0.5, 0.6) is 0 Å². The maximum absolute atomic E-state index is 12.0. The van der Waals surface area contributed by atoms with Gasteiger partial charge in [-0.05, 0) is 48.9 Å². The van der Waals surface area contributed by atoms with E-state index in [9.17, 15) is 9.59 Å². The molecule has 5 heteroatoms. The summed E-state index contributed by atoms with van der Waals surface area (Å²) in [7, 11) is 1.70. The molecule has 0 heterocycles. The van der Waals surface area contributed by atoms with E-state index in [-0.39, 0.29) is 18.6 Å². The molecule has 0 aliphatic carbocycles. The maximum Gasteiger partial charge on any atom is 0.409 e. The Kier molecular flexibility index (Phi) is 8.53. The topological polar surface area (TPSA) is 58.6 Å². The van der Waals surface area contributed by atoms with Crippen molar-refractivity contribution in [2.45, 2.75) is 39.7 Å². The molecule has 0 saturated heterocycles. The lowest BCUT2D eigenvalue weighted by atomic mass is 10.0. The Bertz CT molecular complexity index is 775. The van der Waals surface area contributed by atoms with Gasteiger partial charge in [-0.15, -0.1) is 0 Å². The van der Waals surface area contributed by atoms with Crippen LogP contribution in [0.4, 0.5) is 4.79 Å². The van der Waals surface area contributed by atoms with Crippen molar-refractivity contribution in [3.63, 3.8) is 0 Å². The molecule has 2 aromatic carbocycles. The molecule has 2 rings (SSSR count). The highest BCUT2D eigenvalue weighted by Crippen LogP contribution is 2.11. The number of ether oxygens (including phenoxy) is 1. The highest BCUT2D eigenvalue weighted by molar-refractivity contribution is 5.76. The van der Waals surface area contributed by atoms with Crippen LogP contribution in [-0.2, 0) is 22.6 Å². The van der Waals surface area contributed by atoms with E-state index < -0.39 is 0 Å². The Morgan fingerprint density at radius 2 is 1.75 bits per heavy atom. The minimum atomic E-state index is -0.357. The van der Waals surface area contributed by atoms with Gasteiger partial charge in [0.25, 0.3) is 0 Å². The van der Waals surface area contributed by atoms with Crippen molar-refractivity contribution in [1.29, 1.82) is 0 Å². The van der Waals surface area contributed by atoms with E-state index >= 15 is 0 Å². The zero-order valence-corrected chi connectivity index (χ0v) is 17.0. The third-order valence-corrected chi connectivity index (χ3v) is 4.72. The number of carbonyl (C=O) groups excluding carboxylic acids is 2. The number of hydrogen-bond acceptors (Lipinski definition) is 3. The standard InChI is InChI=1S/C23H30N2O3/c1-18-10-11-20(16-19(18)2)12-13-22(26)24-14-7-15-25(3)23(27)28-17-21-8-5-4-6-9-21/h4-6,8-11,16H,7,12-15,17H2,1-3H3,(H,24,26). The summed E-state index contributed by atoms with van der Waals surface area (Å²) in [5.41, 5.74) is 4.65. The van der Waals surface area contributed by atoms with Gasteiger partial charge < -0.3 is 15.0 Å². The van der Waals surface area contributed by atoms with Gasteiger partial charge in [-0.1, -0.05) is 48.5 Å². The summed E-state index contributed by atoms with van der Waals surface area (Å²) in [6, 6.07) is 15.9. The van der Waals surface area contributed by atoms with Crippen LogP contribution < -0.4 is 5.32 Å². The second-order valence-corrected chi connectivity index (χ2v) is 7.08. The molecule has 1 N–H and O–H groups in total. The first-order valence-corrected chi connectivity index (χ1v) is 9.70. The Morgan fingerprint density at radius 3 is 2.46 bits per heavy atom. The first kappa shape index (κ1) is 21.5. The summed E-state index contributed by atoms with van der Waals surface area (Å²) in [6.07, 6.45) is 1.53. The van der Waals surface area contributed by atoms with Crippen LogP contribution >= 0.6 is 0 Å². The lowest BCUT2D eigenvalue weighted by molar-refractivity contribution is -0.121. The Hall–Kier alpha value is -2.82. The molecule has 0 saturated carbocycles. The van der Waals surface area contributed by atoms with Crippen molar-refractivity contribution in [2.24, 2.45) is 0 Å². The molecule has 0 bridgehead atoms. The molecule has 150 valence electrons. The first-order valence-electron chi connectivity index (χ1n) is 9.70. The number of nitrogens with zero attached hydrogens (tertiary/aromatic N) is 1.